The quantitative estimate of drug-likeness (QED) is 0.942. The average molecular weight is 307 g/mol. The zero-order chi connectivity index (χ0) is 13.8. The Morgan fingerprint density at radius 1 is 1.24 bits per heavy atom. The summed E-state index contributed by atoms with van der Waals surface area (Å²) in [5.74, 6) is 0. The van der Waals surface area contributed by atoms with E-state index in [2.05, 4.69) is 46.6 Å². The second kappa shape index (κ2) is 7.59. The van der Waals surface area contributed by atoms with Gasteiger partial charge in [0.25, 0.3) is 0 Å². The van der Waals surface area contributed by atoms with Crippen LogP contribution in [0.1, 0.15) is 18.4 Å². The molecule has 2 heterocycles. The number of halogens is 1. The zero-order valence-electron chi connectivity index (χ0n) is 12.4. The zero-order valence-corrected chi connectivity index (χ0v) is 13.2. The van der Waals surface area contributed by atoms with Crippen molar-refractivity contribution in [1.82, 2.24) is 20.0 Å². The maximum absolute atomic E-state index is 4.25. The fourth-order valence-electron chi connectivity index (χ4n) is 2.84. The molecule has 1 N–H and O–H groups in total. The van der Waals surface area contributed by atoms with Gasteiger partial charge in [-0.1, -0.05) is 12.1 Å². The van der Waals surface area contributed by atoms with Crippen molar-refractivity contribution in [3.63, 3.8) is 0 Å². The number of piperidine rings is 1. The molecule has 21 heavy (non-hydrogen) atoms. The SMILES string of the molecule is CN(Cc1ccc(-n2cccn2)cc1)C1CCNCC1.Cl. The number of hydrogen-bond acceptors (Lipinski definition) is 3. The van der Waals surface area contributed by atoms with E-state index in [1.165, 1.54) is 18.4 Å². The van der Waals surface area contributed by atoms with Gasteiger partial charge in [0.2, 0.25) is 0 Å². The van der Waals surface area contributed by atoms with E-state index in [1.54, 1.807) is 6.20 Å². The van der Waals surface area contributed by atoms with Gasteiger partial charge in [-0.3, -0.25) is 4.90 Å². The van der Waals surface area contributed by atoms with E-state index in [0.29, 0.717) is 6.04 Å². The van der Waals surface area contributed by atoms with Crippen LogP contribution in [-0.2, 0) is 6.54 Å². The summed E-state index contributed by atoms with van der Waals surface area (Å²) in [5, 5.41) is 7.67. The summed E-state index contributed by atoms with van der Waals surface area (Å²) in [6, 6.07) is 11.3. The molecular formula is C16H23ClN4. The third-order valence-corrected chi connectivity index (χ3v) is 4.07. The van der Waals surface area contributed by atoms with E-state index in [-0.39, 0.29) is 12.4 Å². The molecule has 2 aromatic rings. The Morgan fingerprint density at radius 3 is 2.57 bits per heavy atom. The summed E-state index contributed by atoms with van der Waals surface area (Å²) < 4.78 is 1.89. The summed E-state index contributed by atoms with van der Waals surface area (Å²) >= 11 is 0. The molecule has 1 aliphatic rings. The van der Waals surface area contributed by atoms with Gasteiger partial charge in [0.15, 0.2) is 0 Å². The van der Waals surface area contributed by atoms with Crippen molar-refractivity contribution >= 4 is 12.4 Å². The summed E-state index contributed by atoms with van der Waals surface area (Å²) in [4.78, 5) is 2.48. The number of nitrogens with one attached hydrogen (secondary N) is 1. The highest BCUT2D eigenvalue weighted by Crippen LogP contribution is 2.15. The third kappa shape index (κ3) is 4.06. The Bertz CT molecular complexity index is 518. The maximum atomic E-state index is 4.25. The van der Waals surface area contributed by atoms with Gasteiger partial charge in [0, 0.05) is 25.0 Å². The molecule has 1 saturated heterocycles. The Labute approximate surface area is 132 Å². The molecule has 0 amide bonds. The topological polar surface area (TPSA) is 33.1 Å². The number of aromatic nitrogens is 2. The van der Waals surface area contributed by atoms with E-state index in [9.17, 15) is 0 Å². The highest BCUT2D eigenvalue weighted by molar-refractivity contribution is 5.85. The van der Waals surface area contributed by atoms with Crippen LogP contribution in [0.15, 0.2) is 42.7 Å². The molecule has 1 aliphatic heterocycles. The number of benzene rings is 1. The third-order valence-electron chi connectivity index (χ3n) is 4.07. The van der Waals surface area contributed by atoms with Crippen molar-refractivity contribution < 1.29 is 0 Å². The van der Waals surface area contributed by atoms with Crippen LogP contribution in [0.4, 0.5) is 0 Å². The van der Waals surface area contributed by atoms with Crippen molar-refractivity contribution in [2.75, 3.05) is 20.1 Å². The normalized spacial score (nSPS) is 15.9. The first kappa shape index (κ1) is 16.0. The molecule has 3 rings (SSSR count). The van der Waals surface area contributed by atoms with Crippen molar-refractivity contribution in [1.29, 1.82) is 0 Å². The Balaban J connectivity index is 0.00000161. The van der Waals surface area contributed by atoms with E-state index < -0.39 is 0 Å². The number of hydrogen-bond donors (Lipinski definition) is 1. The molecule has 0 radical (unpaired) electrons. The lowest BCUT2D eigenvalue weighted by molar-refractivity contribution is 0.192. The monoisotopic (exact) mass is 306 g/mol. The van der Waals surface area contributed by atoms with Crippen molar-refractivity contribution in [2.24, 2.45) is 0 Å². The lowest BCUT2D eigenvalue weighted by atomic mass is 10.0. The summed E-state index contributed by atoms with van der Waals surface area (Å²) in [6.07, 6.45) is 6.28. The largest absolute Gasteiger partial charge is 0.317 e. The standard InChI is InChI=1S/C16H22N4.ClH/c1-19(15-7-10-17-11-8-15)13-14-3-5-16(6-4-14)20-12-2-9-18-20;/h2-6,9,12,15,17H,7-8,10-11,13H2,1H3;1H. The minimum absolute atomic E-state index is 0. The first-order chi connectivity index (χ1) is 9.83. The average Bonchev–Trinajstić information content (AvgIpc) is 3.03. The first-order valence-electron chi connectivity index (χ1n) is 7.33. The smallest absolute Gasteiger partial charge is 0.0645 e. The minimum atomic E-state index is 0. The fourth-order valence-corrected chi connectivity index (χ4v) is 2.84. The van der Waals surface area contributed by atoms with Gasteiger partial charge in [0.1, 0.15) is 0 Å². The van der Waals surface area contributed by atoms with E-state index in [0.717, 1.165) is 25.3 Å². The van der Waals surface area contributed by atoms with Crippen LogP contribution < -0.4 is 5.32 Å². The van der Waals surface area contributed by atoms with E-state index >= 15 is 0 Å². The second-order valence-corrected chi connectivity index (χ2v) is 5.51. The molecule has 5 heteroatoms. The van der Waals surface area contributed by atoms with E-state index in [4.69, 9.17) is 0 Å². The van der Waals surface area contributed by atoms with Crippen molar-refractivity contribution in [3.05, 3.63) is 48.3 Å². The maximum Gasteiger partial charge on any atom is 0.0645 e. The Hall–Kier alpha value is -1.36. The fraction of sp³-hybridized carbons (Fsp3) is 0.438. The molecular weight excluding hydrogens is 284 g/mol. The predicted molar refractivity (Wildman–Crippen MR) is 88.2 cm³/mol. The molecule has 4 nitrogen and oxygen atoms in total. The molecule has 1 fully saturated rings. The second-order valence-electron chi connectivity index (χ2n) is 5.51. The van der Waals surface area contributed by atoms with E-state index in [1.807, 2.05) is 16.9 Å². The molecule has 0 saturated carbocycles. The minimum Gasteiger partial charge on any atom is -0.317 e. The predicted octanol–water partition coefficient (Wildman–Crippen LogP) is 2.48. The van der Waals surface area contributed by atoms with Crippen LogP contribution in [0.2, 0.25) is 0 Å². The van der Waals surface area contributed by atoms with Gasteiger partial charge in [-0.05, 0) is 56.7 Å². The molecule has 0 aliphatic carbocycles. The lowest BCUT2D eigenvalue weighted by Crippen LogP contribution is -2.40. The molecule has 0 unspecified atom stereocenters. The van der Waals surface area contributed by atoms with Gasteiger partial charge in [-0.25, -0.2) is 4.68 Å². The molecule has 1 aromatic carbocycles. The Kier molecular flexibility index (Phi) is 5.79. The van der Waals surface area contributed by atoms with Crippen LogP contribution in [0, 0.1) is 0 Å². The van der Waals surface area contributed by atoms with Crippen LogP contribution in [0.25, 0.3) is 5.69 Å². The number of rotatable bonds is 4. The summed E-state index contributed by atoms with van der Waals surface area (Å²) in [7, 11) is 2.23. The highest BCUT2D eigenvalue weighted by Gasteiger charge is 2.17. The van der Waals surface area contributed by atoms with Crippen molar-refractivity contribution in [3.8, 4) is 5.69 Å². The highest BCUT2D eigenvalue weighted by atomic mass is 35.5. The molecule has 0 bridgehead atoms. The van der Waals surface area contributed by atoms with Crippen LogP contribution in [0.3, 0.4) is 0 Å². The first-order valence-corrected chi connectivity index (χ1v) is 7.33. The summed E-state index contributed by atoms with van der Waals surface area (Å²) in [5.41, 5.74) is 2.48. The van der Waals surface area contributed by atoms with Crippen LogP contribution in [0.5, 0.6) is 0 Å². The van der Waals surface area contributed by atoms with Crippen LogP contribution in [-0.4, -0.2) is 40.9 Å². The van der Waals surface area contributed by atoms with Gasteiger partial charge < -0.3 is 5.32 Å². The van der Waals surface area contributed by atoms with Gasteiger partial charge in [-0.2, -0.15) is 5.10 Å². The lowest BCUT2D eigenvalue weighted by Gasteiger charge is -2.31. The molecule has 0 spiro atoms. The van der Waals surface area contributed by atoms with Crippen LogP contribution >= 0.6 is 12.4 Å². The molecule has 1 aromatic heterocycles. The summed E-state index contributed by atoms with van der Waals surface area (Å²) in [6.45, 7) is 3.31. The van der Waals surface area contributed by atoms with Gasteiger partial charge >= 0.3 is 0 Å². The molecule has 0 atom stereocenters. The van der Waals surface area contributed by atoms with Crippen molar-refractivity contribution in [2.45, 2.75) is 25.4 Å². The Morgan fingerprint density at radius 2 is 1.95 bits per heavy atom. The number of nitrogens with zero attached hydrogens (tertiary/aromatic N) is 3. The van der Waals surface area contributed by atoms with Gasteiger partial charge in [0.05, 0.1) is 5.69 Å². The van der Waals surface area contributed by atoms with Gasteiger partial charge in [-0.15, -0.1) is 12.4 Å². The molecule has 114 valence electrons.